The van der Waals surface area contributed by atoms with E-state index in [1.807, 2.05) is 32.2 Å². The summed E-state index contributed by atoms with van der Waals surface area (Å²) in [6, 6.07) is 8.13. The van der Waals surface area contributed by atoms with Gasteiger partial charge in [-0.15, -0.1) is 11.3 Å². The van der Waals surface area contributed by atoms with Crippen molar-refractivity contribution >= 4 is 52.3 Å². The number of aldehydes is 1. The monoisotopic (exact) mass is 935 g/mol. The maximum atomic E-state index is 14.8. The van der Waals surface area contributed by atoms with Gasteiger partial charge >= 0.3 is 6.03 Å². The molecule has 67 heavy (non-hydrogen) atoms. The molecule has 1 aromatic carbocycles. The third-order valence-electron chi connectivity index (χ3n) is 14.2. The summed E-state index contributed by atoms with van der Waals surface area (Å²) in [4.78, 5) is 83.7. The van der Waals surface area contributed by atoms with Gasteiger partial charge in [-0.05, 0) is 73.4 Å². The number of aromatic nitrogens is 3. The summed E-state index contributed by atoms with van der Waals surface area (Å²) in [5.41, 5.74) is 8.33. The average Bonchev–Trinajstić information content (AvgIpc) is 4.10. The molecule has 358 valence electrons. The Balaban J connectivity index is 1.13. The molecule has 4 aromatic rings. The lowest BCUT2D eigenvalue weighted by Crippen LogP contribution is -2.66. The molecule has 3 fully saturated rings. The highest BCUT2D eigenvalue weighted by Crippen LogP contribution is 2.42. The predicted octanol–water partition coefficient (Wildman–Crippen LogP) is 5.41. The first kappa shape index (κ1) is 48.0. The molecular formula is C50H65N9O7S. The van der Waals surface area contributed by atoms with E-state index in [9.17, 15) is 24.0 Å². The van der Waals surface area contributed by atoms with Crippen LogP contribution >= 0.6 is 11.3 Å². The summed E-state index contributed by atoms with van der Waals surface area (Å²) in [6.07, 6.45) is 5.40. The summed E-state index contributed by atoms with van der Waals surface area (Å²) >= 11 is 1.41. The van der Waals surface area contributed by atoms with Gasteiger partial charge < -0.3 is 38.9 Å². The Morgan fingerprint density at radius 2 is 1.82 bits per heavy atom. The van der Waals surface area contributed by atoms with E-state index in [1.54, 1.807) is 30.2 Å². The Morgan fingerprint density at radius 3 is 2.51 bits per heavy atom. The van der Waals surface area contributed by atoms with Crippen LogP contribution in [0.2, 0.25) is 0 Å². The van der Waals surface area contributed by atoms with Gasteiger partial charge in [0.25, 0.3) is 5.91 Å². The van der Waals surface area contributed by atoms with Crippen molar-refractivity contribution in [1.82, 2.24) is 45.0 Å². The minimum atomic E-state index is -1.18. The van der Waals surface area contributed by atoms with Crippen molar-refractivity contribution in [3.63, 3.8) is 0 Å². The van der Waals surface area contributed by atoms with Gasteiger partial charge in [0.2, 0.25) is 11.8 Å². The van der Waals surface area contributed by atoms with Crippen LogP contribution in [0.3, 0.4) is 0 Å². The number of likely N-dealkylation sites (tertiary alicyclic amines) is 2. The van der Waals surface area contributed by atoms with Crippen molar-refractivity contribution in [3.8, 4) is 22.5 Å². The summed E-state index contributed by atoms with van der Waals surface area (Å²) in [5.74, 6) is -1.01. The molecule has 0 radical (unpaired) electrons. The fourth-order valence-corrected chi connectivity index (χ4v) is 11.6. The largest absolute Gasteiger partial charge is 0.378 e. The van der Waals surface area contributed by atoms with Crippen LogP contribution in [0.1, 0.15) is 69.8 Å². The number of fused-ring (bicyclic) bond motifs is 7. The van der Waals surface area contributed by atoms with Crippen molar-refractivity contribution in [2.24, 2.45) is 30.2 Å². The van der Waals surface area contributed by atoms with Crippen LogP contribution in [0.4, 0.5) is 4.79 Å². The lowest BCUT2D eigenvalue weighted by molar-refractivity contribution is -0.147. The molecule has 3 aromatic heterocycles. The van der Waals surface area contributed by atoms with Crippen molar-refractivity contribution in [1.29, 1.82) is 0 Å². The fourth-order valence-electron chi connectivity index (χ4n) is 10.7. The Labute approximate surface area is 397 Å². The van der Waals surface area contributed by atoms with Gasteiger partial charge in [0.15, 0.2) is 0 Å². The summed E-state index contributed by atoms with van der Waals surface area (Å²) < 4.78 is 14.5. The van der Waals surface area contributed by atoms with Crippen molar-refractivity contribution in [3.05, 3.63) is 70.8 Å². The minimum absolute atomic E-state index is 0.0321. The molecule has 3 saturated heterocycles. The molecule has 6 atom stereocenters. The third-order valence-corrected chi connectivity index (χ3v) is 15.1. The van der Waals surface area contributed by atoms with Crippen LogP contribution in [0.25, 0.3) is 33.4 Å². The lowest BCUT2D eigenvalue weighted by atomic mass is 9.84. The first-order valence-electron chi connectivity index (χ1n) is 23.4. The number of methoxy groups -OCH3 is 1. The molecule has 0 aliphatic carbocycles. The Morgan fingerprint density at radius 1 is 1.09 bits per heavy atom. The fraction of sp³-hybridized carbons (Fsp3) is 0.540. The number of ether oxygens (including phenoxy) is 2. The second kappa shape index (κ2) is 19.2. The Bertz CT molecular complexity index is 2540. The number of nitrogens with zero attached hydrogens (tertiary/aromatic N) is 7. The zero-order valence-corrected chi connectivity index (χ0v) is 40.9. The van der Waals surface area contributed by atoms with Gasteiger partial charge in [0.1, 0.15) is 23.9 Å². The molecule has 0 saturated carbocycles. The highest BCUT2D eigenvalue weighted by atomic mass is 32.1. The van der Waals surface area contributed by atoms with E-state index < -0.39 is 34.9 Å². The van der Waals surface area contributed by atoms with Gasteiger partial charge in [-0.2, -0.15) is 0 Å². The van der Waals surface area contributed by atoms with Crippen LogP contribution in [-0.4, -0.2) is 142 Å². The van der Waals surface area contributed by atoms with E-state index in [2.05, 4.69) is 67.0 Å². The maximum Gasteiger partial charge on any atom is 0.320 e. The van der Waals surface area contributed by atoms with Crippen LogP contribution < -0.4 is 10.7 Å². The van der Waals surface area contributed by atoms with E-state index in [1.165, 1.54) is 27.3 Å². The molecule has 0 unspecified atom stereocenters. The predicted molar refractivity (Wildman–Crippen MR) is 257 cm³/mol. The second-order valence-corrected chi connectivity index (χ2v) is 21.0. The molecule has 2 N–H and O–H groups in total. The van der Waals surface area contributed by atoms with Crippen molar-refractivity contribution in [2.45, 2.75) is 84.0 Å². The molecule has 17 heteroatoms. The first-order valence-corrected chi connectivity index (χ1v) is 24.3. The molecule has 5 amide bonds. The average molecular weight is 936 g/mol. The molecule has 0 spiro atoms. The van der Waals surface area contributed by atoms with E-state index in [4.69, 9.17) is 19.4 Å². The third kappa shape index (κ3) is 9.52. The molecule has 6 bridgehead atoms. The number of nitrogens with one attached hydrogen (secondary N) is 2. The Hall–Kier alpha value is -5.49. The number of carbonyl (C=O) groups is 5. The normalized spacial score (nSPS) is 24.0. The van der Waals surface area contributed by atoms with Gasteiger partial charge in [0, 0.05) is 106 Å². The number of aryl methyl sites for hydroxylation is 1. The standard InChI is InChI=1S/C50H65N9O7S/c1-10-42(61)57-22-33-24-58(25-34(33)23-57)48(64)56(8)44(30(2)3)46(62)53-38-20-41-52-39(26-67-41)32-14-15-40-36(19-32)37(45(55(40)7)35-13-11-17-51-43(35)31(4)65-9)21-49(5,6)28-66-29-50(27-60)16-12-18-59(54-50)47(38)63/h10-11,13-15,17,19,26-27,30-31,33-34,38,44,54H,1,12,16,18,20-25,28-29H2,2-9H3,(H,53,62)/t31-,33-,34+,38-,44-,50-/m0/s1. The zero-order valence-electron chi connectivity index (χ0n) is 40.0. The SMILES string of the molecule is C=CC(=O)N1C[C@@H]2CN(C(=O)N(C)[C@H](C(=O)N[C@H]3Cc4nc(cs4)-c4ccc5c(c4)c(c(-c4cccnc4[C@H](C)OC)n5C)CC(C)(C)COC[C@@]4(C=O)CCCN(N4)C3=O)C(C)C)C[C@@H]2C1. The van der Waals surface area contributed by atoms with E-state index in [-0.39, 0.29) is 48.8 Å². The summed E-state index contributed by atoms with van der Waals surface area (Å²) in [6.45, 7) is 16.4. The number of hydrazine groups is 1. The van der Waals surface area contributed by atoms with E-state index >= 15 is 0 Å². The lowest BCUT2D eigenvalue weighted by Gasteiger charge is -2.42. The molecule has 16 nitrogen and oxygen atoms in total. The van der Waals surface area contributed by atoms with Crippen LogP contribution in [0.15, 0.2) is 54.6 Å². The number of benzene rings is 1. The van der Waals surface area contributed by atoms with Crippen molar-refractivity contribution in [2.75, 3.05) is 60.1 Å². The quantitative estimate of drug-likeness (QED) is 0.163. The minimum Gasteiger partial charge on any atom is -0.378 e. The second-order valence-electron chi connectivity index (χ2n) is 20.1. The number of carbonyl (C=O) groups excluding carboxylic acids is 5. The summed E-state index contributed by atoms with van der Waals surface area (Å²) in [5, 5.41) is 8.18. The topological polar surface area (TPSA) is 172 Å². The molecular weight excluding hydrogens is 871 g/mol. The first-order chi connectivity index (χ1) is 32.0. The molecule has 4 aliphatic heterocycles. The smallest absolute Gasteiger partial charge is 0.320 e. The number of rotatable bonds is 9. The zero-order chi connectivity index (χ0) is 47.9. The van der Waals surface area contributed by atoms with Gasteiger partial charge in [-0.25, -0.2) is 15.2 Å². The molecule has 7 heterocycles. The van der Waals surface area contributed by atoms with Crippen molar-refractivity contribution < 1.29 is 33.4 Å². The van der Waals surface area contributed by atoms with E-state index in [0.29, 0.717) is 63.6 Å². The number of amides is 5. The Kier molecular flexibility index (Phi) is 13.8. The van der Waals surface area contributed by atoms with Gasteiger partial charge in [0.05, 0.1) is 41.4 Å². The summed E-state index contributed by atoms with van der Waals surface area (Å²) in [7, 11) is 5.39. The number of urea groups is 1. The van der Waals surface area contributed by atoms with E-state index in [0.717, 1.165) is 51.0 Å². The highest BCUT2D eigenvalue weighted by Gasteiger charge is 2.46. The highest BCUT2D eigenvalue weighted by molar-refractivity contribution is 7.10. The van der Waals surface area contributed by atoms with Crippen LogP contribution in [0, 0.1) is 23.2 Å². The van der Waals surface area contributed by atoms with Crippen LogP contribution in [0.5, 0.6) is 0 Å². The number of thiazole rings is 1. The number of hydrogen-bond acceptors (Lipinski definition) is 11. The maximum absolute atomic E-state index is 14.8. The van der Waals surface area contributed by atoms with Crippen LogP contribution in [-0.2, 0) is 48.5 Å². The van der Waals surface area contributed by atoms with Gasteiger partial charge in [-0.1, -0.05) is 40.3 Å². The number of hydrogen-bond donors (Lipinski definition) is 2. The molecule has 8 rings (SSSR count). The van der Waals surface area contributed by atoms with Gasteiger partial charge in [-0.3, -0.25) is 24.4 Å². The number of likely N-dealkylation sites (N-methyl/N-ethyl adjacent to an activating group) is 1. The number of pyridine rings is 1. The molecule has 4 aliphatic rings.